The van der Waals surface area contributed by atoms with Gasteiger partial charge < -0.3 is 14.7 Å². The van der Waals surface area contributed by atoms with Gasteiger partial charge in [0, 0.05) is 19.7 Å². The van der Waals surface area contributed by atoms with Crippen LogP contribution in [0.3, 0.4) is 0 Å². The van der Waals surface area contributed by atoms with Crippen LogP contribution in [0, 0.1) is 19.8 Å². The van der Waals surface area contributed by atoms with Crippen LogP contribution in [-0.4, -0.2) is 48.1 Å². The number of aliphatic hydroxyl groups is 1. The average Bonchev–Trinajstić information content (AvgIpc) is 3.08. The van der Waals surface area contributed by atoms with E-state index in [1.165, 1.54) is 4.90 Å². The summed E-state index contributed by atoms with van der Waals surface area (Å²) >= 11 is 0. The van der Waals surface area contributed by atoms with Gasteiger partial charge in [-0.3, -0.25) is 9.59 Å². The number of carbonyl (C=O) groups is 2. The molecule has 0 aliphatic carbocycles. The average molecular weight is 449 g/mol. The van der Waals surface area contributed by atoms with Gasteiger partial charge in [0.25, 0.3) is 11.8 Å². The third-order valence-corrected chi connectivity index (χ3v) is 6.36. The second-order valence-corrected chi connectivity index (χ2v) is 8.97. The zero-order valence-electron chi connectivity index (χ0n) is 19.6. The Morgan fingerprint density at radius 2 is 1.82 bits per heavy atom. The highest BCUT2D eigenvalue weighted by Crippen LogP contribution is 2.38. The van der Waals surface area contributed by atoms with E-state index < -0.39 is 0 Å². The molecule has 4 rings (SSSR count). The summed E-state index contributed by atoms with van der Waals surface area (Å²) in [7, 11) is 0. The number of ether oxygens (including phenoxy) is 1. The van der Waals surface area contributed by atoms with Gasteiger partial charge in [-0.05, 0) is 68.4 Å². The summed E-state index contributed by atoms with van der Waals surface area (Å²) in [5, 5.41) is 9.73. The highest BCUT2D eigenvalue weighted by Gasteiger charge is 2.43. The summed E-state index contributed by atoms with van der Waals surface area (Å²) in [6, 6.07) is 13.1. The Kier molecular flexibility index (Phi) is 6.84. The molecule has 2 heterocycles. The molecule has 0 radical (unpaired) electrons. The van der Waals surface area contributed by atoms with Gasteiger partial charge in [0.2, 0.25) is 0 Å². The number of aliphatic hydroxyl groups excluding tert-OH is 1. The van der Waals surface area contributed by atoms with Gasteiger partial charge >= 0.3 is 0 Å². The number of hydrogen-bond acceptors (Lipinski definition) is 5. The molecule has 0 spiro atoms. The van der Waals surface area contributed by atoms with Crippen molar-refractivity contribution in [1.82, 2.24) is 4.90 Å². The molecule has 1 saturated heterocycles. The molecular weight excluding hydrogens is 416 g/mol. The molecule has 2 amide bonds. The van der Waals surface area contributed by atoms with Crippen LogP contribution in [-0.2, 0) is 9.59 Å². The van der Waals surface area contributed by atoms with E-state index in [0.717, 1.165) is 36.1 Å². The Hall–Kier alpha value is -3.12. The summed E-state index contributed by atoms with van der Waals surface area (Å²) in [6.45, 7) is 7.91. The molecule has 33 heavy (non-hydrogen) atoms. The van der Waals surface area contributed by atoms with Crippen LogP contribution in [0.25, 0.3) is 5.57 Å². The van der Waals surface area contributed by atoms with Gasteiger partial charge in [-0.2, -0.15) is 0 Å². The highest BCUT2D eigenvalue weighted by atomic mass is 16.5. The number of amides is 2. The minimum Gasteiger partial charge on any atom is -0.494 e. The molecule has 1 N–H and O–H groups in total. The van der Waals surface area contributed by atoms with E-state index in [1.54, 1.807) is 0 Å². The van der Waals surface area contributed by atoms with E-state index in [2.05, 4.69) is 0 Å². The van der Waals surface area contributed by atoms with Gasteiger partial charge in [-0.15, -0.1) is 0 Å². The first kappa shape index (κ1) is 23.1. The molecule has 2 aliphatic rings. The van der Waals surface area contributed by atoms with Crippen molar-refractivity contribution >= 4 is 23.1 Å². The lowest BCUT2D eigenvalue weighted by atomic mass is 9.97. The number of rotatable bonds is 7. The number of nitrogens with zero attached hydrogens (tertiary/aromatic N) is 2. The minimum atomic E-state index is -0.310. The number of imide groups is 1. The first-order chi connectivity index (χ1) is 15.9. The van der Waals surface area contributed by atoms with E-state index in [9.17, 15) is 14.7 Å². The maximum atomic E-state index is 13.8. The lowest BCUT2D eigenvalue weighted by Gasteiger charge is -2.34. The third-order valence-electron chi connectivity index (χ3n) is 6.36. The molecule has 6 nitrogen and oxygen atoms in total. The van der Waals surface area contributed by atoms with Gasteiger partial charge in [0.1, 0.15) is 11.4 Å². The Morgan fingerprint density at radius 3 is 2.48 bits per heavy atom. The first-order valence-corrected chi connectivity index (χ1v) is 11.7. The zero-order chi connectivity index (χ0) is 23.5. The van der Waals surface area contributed by atoms with Gasteiger partial charge in [-0.25, -0.2) is 4.90 Å². The fraction of sp³-hybridized carbons (Fsp3) is 0.407. The molecule has 1 unspecified atom stereocenters. The summed E-state index contributed by atoms with van der Waals surface area (Å²) in [5.41, 5.74) is 4.12. The topological polar surface area (TPSA) is 70.1 Å². The molecule has 1 atom stereocenters. The summed E-state index contributed by atoms with van der Waals surface area (Å²) < 4.78 is 5.69. The molecule has 6 heteroatoms. The molecule has 2 aromatic rings. The van der Waals surface area contributed by atoms with E-state index in [1.807, 2.05) is 68.1 Å². The fourth-order valence-electron chi connectivity index (χ4n) is 4.70. The predicted octanol–water partition coefficient (Wildman–Crippen LogP) is 4.08. The summed E-state index contributed by atoms with van der Waals surface area (Å²) in [5.74, 6) is 0.224. The molecule has 2 aliphatic heterocycles. The largest absolute Gasteiger partial charge is 0.494 e. The van der Waals surface area contributed by atoms with E-state index >= 15 is 0 Å². The number of piperidine rings is 1. The molecular formula is C27H32N2O4. The fourth-order valence-corrected chi connectivity index (χ4v) is 4.70. The second kappa shape index (κ2) is 9.79. The van der Waals surface area contributed by atoms with Crippen LogP contribution >= 0.6 is 0 Å². The van der Waals surface area contributed by atoms with Crippen LogP contribution in [0.15, 0.2) is 48.2 Å². The first-order valence-electron chi connectivity index (χ1n) is 11.7. The van der Waals surface area contributed by atoms with Crippen molar-refractivity contribution in [3.63, 3.8) is 0 Å². The summed E-state index contributed by atoms with van der Waals surface area (Å²) in [6.07, 6.45) is 2.70. The Balaban J connectivity index is 1.77. The SMILES string of the molecule is CCCOc1ccc(C2=C(N3CCCC(CO)C3)C(=O)N(c3ccc(C)cc3C)C2=O)cc1. The van der Waals surface area contributed by atoms with E-state index in [4.69, 9.17) is 4.74 Å². The number of anilines is 1. The lowest BCUT2D eigenvalue weighted by Crippen LogP contribution is -2.40. The lowest BCUT2D eigenvalue weighted by molar-refractivity contribution is -0.120. The van der Waals surface area contributed by atoms with Crippen molar-refractivity contribution in [2.45, 2.75) is 40.0 Å². The number of carbonyl (C=O) groups excluding carboxylic acids is 2. The molecule has 2 aromatic carbocycles. The molecule has 174 valence electrons. The normalized spacial score (nSPS) is 19.0. The molecule has 1 fully saturated rings. The molecule has 0 bridgehead atoms. The van der Waals surface area contributed by atoms with Crippen molar-refractivity contribution in [1.29, 1.82) is 0 Å². The maximum Gasteiger partial charge on any atom is 0.282 e. The Bertz CT molecular complexity index is 1070. The smallest absolute Gasteiger partial charge is 0.282 e. The number of benzene rings is 2. The van der Waals surface area contributed by atoms with Gasteiger partial charge in [0.15, 0.2) is 0 Å². The van der Waals surface area contributed by atoms with Crippen LogP contribution in [0.5, 0.6) is 5.75 Å². The monoisotopic (exact) mass is 448 g/mol. The molecule has 0 saturated carbocycles. The number of hydrogen-bond donors (Lipinski definition) is 1. The van der Waals surface area contributed by atoms with Crippen molar-refractivity contribution in [2.24, 2.45) is 5.92 Å². The number of likely N-dealkylation sites (tertiary alicyclic amines) is 1. The molecule has 0 aromatic heterocycles. The Labute approximate surface area is 195 Å². The highest BCUT2D eigenvalue weighted by molar-refractivity contribution is 6.45. The van der Waals surface area contributed by atoms with E-state index in [-0.39, 0.29) is 24.3 Å². The third kappa shape index (κ3) is 4.53. The van der Waals surface area contributed by atoms with Crippen molar-refractivity contribution in [2.75, 3.05) is 31.2 Å². The predicted molar refractivity (Wildman–Crippen MR) is 129 cm³/mol. The zero-order valence-corrected chi connectivity index (χ0v) is 19.6. The quantitative estimate of drug-likeness (QED) is 0.647. The van der Waals surface area contributed by atoms with Crippen LogP contribution < -0.4 is 9.64 Å². The van der Waals surface area contributed by atoms with Crippen molar-refractivity contribution < 1.29 is 19.4 Å². The second-order valence-electron chi connectivity index (χ2n) is 8.97. The minimum absolute atomic E-state index is 0.0749. The van der Waals surface area contributed by atoms with Crippen molar-refractivity contribution in [3.05, 3.63) is 64.9 Å². The van der Waals surface area contributed by atoms with Gasteiger partial charge in [-0.1, -0.05) is 36.8 Å². The van der Waals surface area contributed by atoms with Crippen LogP contribution in [0.2, 0.25) is 0 Å². The van der Waals surface area contributed by atoms with Crippen LogP contribution in [0.1, 0.15) is 42.9 Å². The van der Waals surface area contributed by atoms with E-state index in [0.29, 0.717) is 42.2 Å². The maximum absolute atomic E-state index is 13.8. The Morgan fingerprint density at radius 1 is 1.06 bits per heavy atom. The number of aryl methyl sites for hydroxylation is 2. The van der Waals surface area contributed by atoms with Crippen LogP contribution in [0.4, 0.5) is 5.69 Å². The summed E-state index contributed by atoms with van der Waals surface area (Å²) in [4.78, 5) is 30.8. The van der Waals surface area contributed by atoms with Gasteiger partial charge in [0.05, 0.1) is 17.9 Å². The standard InChI is InChI=1S/C27H32N2O4/c1-4-14-33-22-10-8-21(9-11-22)24-25(28-13-5-6-20(16-28)17-30)27(32)29(26(24)31)23-12-7-18(2)15-19(23)3/h7-12,15,20,30H,4-6,13-14,16-17H2,1-3H3. The van der Waals surface area contributed by atoms with Crippen molar-refractivity contribution in [3.8, 4) is 5.75 Å².